The van der Waals surface area contributed by atoms with Crippen LogP contribution in [0.2, 0.25) is 0 Å². The molecular formula is C11H15NO3S. The van der Waals surface area contributed by atoms with E-state index in [9.17, 15) is 8.42 Å². The van der Waals surface area contributed by atoms with Crippen molar-refractivity contribution in [2.75, 3.05) is 6.26 Å². The molecule has 5 heteroatoms. The van der Waals surface area contributed by atoms with Gasteiger partial charge in [-0.2, -0.15) is 5.48 Å². The van der Waals surface area contributed by atoms with Gasteiger partial charge in [0.05, 0.1) is 11.5 Å². The molecule has 16 heavy (non-hydrogen) atoms. The molecule has 0 bridgehead atoms. The Balaban J connectivity index is 1.98. The lowest BCUT2D eigenvalue weighted by atomic mass is 10.2. The van der Waals surface area contributed by atoms with Crippen LogP contribution in [0, 0.1) is 0 Å². The van der Waals surface area contributed by atoms with Gasteiger partial charge in [0, 0.05) is 12.3 Å². The quantitative estimate of drug-likeness (QED) is 0.789. The van der Waals surface area contributed by atoms with Crippen LogP contribution in [-0.2, 0) is 21.3 Å². The third-order valence-corrected chi connectivity index (χ3v) is 3.50. The molecule has 0 unspecified atom stereocenters. The van der Waals surface area contributed by atoms with Crippen LogP contribution in [-0.4, -0.2) is 20.7 Å². The Hall–Kier alpha value is -0.910. The number of hydroxylamine groups is 1. The molecule has 1 N–H and O–H groups in total. The zero-order valence-corrected chi connectivity index (χ0v) is 9.96. The molecule has 0 amide bonds. The Morgan fingerprint density at radius 2 is 2.19 bits per heavy atom. The van der Waals surface area contributed by atoms with Crippen LogP contribution in [0.25, 0.3) is 0 Å². The predicted molar refractivity (Wildman–Crippen MR) is 60.5 cm³/mol. The molecule has 0 heterocycles. The number of sulfone groups is 1. The Bertz CT molecular complexity index is 466. The largest absolute Gasteiger partial charge is 0.297 e. The summed E-state index contributed by atoms with van der Waals surface area (Å²) in [5.41, 5.74) is 3.77. The van der Waals surface area contributed by atoms with E-state index >= 15 is 0 Å². The summed E-state index contributed by atoms with van der Waals surface area (Å²) in [6.07, 6.45) is 3.52. The normalized spacial score (nSPS) is 16.3. The molecule has 1 aromatic rings. The van der Waals surface area contributed by atoms with Crippen LogP contribution in [0.5, 0.6) is 0 Å². The molecule has 0 atom stereocenters. The lowest BCUT2D eigenvalue weighted by Crippen LogP contribution is -2.16. The fraction of sp³-hybridized carbons (Fsp3) is 0.455. The third kappa shape index (κ3) is 3.30. The standard InChI is InChI=1S/C11H15NO3S/c1-16(13,14)11-4-2-3-9(7-11)8-15-12-10-5-6-10/h2-4,7,10,12H,5-6,8H2,1H3. The summed E-state index contributed by atoms with van der Waals surface area (Å²) >= 11 is 0. The maximum absolute atomic E-state index is 11.3. The fourth-order valence-electron chi connectivity index (χ4n) is 1.31. The van der Waals surface area contributed by atoms with Crippen LogP contribution in [0.3, 0.4) is 0 Å². The summed E-state index contributed by atoms with van der Waals surface area (Å²) < 4.78 is 22.6. The topological polar surface area (TPSA) is 55.4 Å². The summed E-state index contributed by atoms with van der Waals surface area (Å²) in [5, 5.41) is 0. The summed E-state index contributed by atoms with van der Waals surface area (Å²) in [7, 11) is -3.13. The van der Waals surface area contributed by atoms with Crippen molar-refractivity contribution in [3.05, 3.63) is 29.8 Å². The van der Waals surface area contributed by atoms with Crippen LogP contribution in [0.15, 0.2) is 29.2 Å². The van der Waals surface area contributed by atoms with E-state index in [4.69, 9.17) is 4.84 Å². The van der Waals surface area contributed by atoms with Crippen LogP contribution < -0.4 is 5.48 Å². The Labute approximate surface area is 95.5 Å². The highest BCUT2D eigenvalue weighted by Gasteiger charge is 2.20. The van der Waals surface area contributed by atoms with Gasteiger partial charge in [-0.15, -0.1) is 0 Å². The molecule has 4 nitrogen and oxygen atoms in total. The number of hydrogen-bond acceptors (Lipinski definition) is 4. The molecule has 0 radical (unpaired) electrons. The molecule has 0 aromatic heterocycles. The highest BCUT2D eigenvalue weighted by Crippen LogP contribution is 2.19. The molecule has 1 aliphatic rings. The predicted octanol–water partition coefficient (Wildman–Crippen LogP) is 1.27. The highest BCUT2D eigenvalue weighted by atomic mass is 32.2. The van der Waals surface area contributed by atoms with E-state index in [0.717, 1.165) is 18.4 Å². The molecule has 2 rings (SSSR count). The Morgan fingerprint density at radius 3 is 2.81 bits per heavy atom. The lowest BCUT2D eigenvalue weighted by Gasteiger charge is -2.05. The van der Waals surface area contributed by atoms with Crippen molar-refractivity contribution >= 4 is 9.84 Å². The molecule has 1 saturated carbocycles. The van der Waals surface area contributed by atoms with Gasteiger partial charge in [-0.25, -0.2) is 8.42 Å². The zero-order valence-electron chi connectivity index (χ0n) is 9.14. The summed E-state index contributed by atoms with van der Waals surface area (Å²) in [5.74, 6) is 0. The molecule has 1 fully saturated rings. The minimum absolute atomic E-state index is 0.333. The molecular weight excluding hydrogens is 226 g/mol. The monoisotopic (exact) mass is 241 g/mol. The van der Waals surface area contributed by atoms with E-state index in [2.05, 4.69) is 5.48 Å². The van der Waals surface area contributed by atoms with Crippen molar-refractivity contribution in [2.45, 2.75) is 30.4 Å². The number of rotatable bonds is 5. The first-order valence-electron chi connectivity index (χ1n) is 5.22. The minimum atomic E-state index is -3.13. The summed E-state index contributed by atoms with van der Waals surface area (Å²) in [6, 6.07) is 7.30. The van der Waals surface area contributed by atoms with Crippen molar-refractivity contribution in [2.24, 2.45) is 0 Å². The Morgan fingerprint density at radius 1 is 1.44 bits per heavy atom. The SMILES string of the molecule is CS(=O)(=O)c1cccc(CONC2CC2)c1. The Kier molecular flexibility index (Phi) is 3.28. The van der Waals surface area contributed by atoms with Crippen LogP contribution in [0.1, 0.15) is 18.4 Å². The van der Waals surface area contributed by atoms with Gasteiger partial charge < -0.3 is 0 Å². The maximum atomic E-state index is 11.3. The number of nitrogens with one attached hydrogen (secondary N) is 1. The van der Waals surface area contributed by atoms with Gasteiger partial charge in [-0.1, -0.05) is 12.1 Å². The van der Waals surface area contributed by atoms with Crippen LogP contribution >= 0.6 is 0 Å². The van der Waals surface area contributed by atoms with Crippen molar-refractivity contribution in [1.82, 2.24) is 5.48 Å². The average molecular weight is 241 g/mol. The van der Waals surface area contributed by atoms with Gasteiger partial charge in [0.1, 0.15) is 0 Å². The fourth-order valence-corrected chi connectivity index (χ4v) is 2.00. The van der Waals surface area contributed by atoms with Gasteiger partial charge in [0.2, 0.25) is 0 Å². The highest BCUT2D eigenvalue weighted by molar-refractivity contribution is 7.90. The van der Waals surface area contributed by atoms with Gasteiger partial charge in [0.15, 0.2) is 9.84 Å². The molecule has 1 aromatic carbocycles. The first-order chi connectivity index (χ1) is 7.55. The second-order valence-electron chi connectivity index (χ2n) is 4.10. The van der Waals surface area contributed by atoms with Crippen LogP contribution in [0.4, 0.5) is 0 Å². The molecule has 0 spiro atoms. The maximum Gasteiger partial charge on any atom is 0.175 e. The van der Waals surface area contributed by atoms with Crippen molar-refractivity contribution in [3.63, 3.8) is 0 Å². The average Bonchev–Trinajstić information content (AvgIpc) is 3.01. The first-order valence-corrected chi connectivity index (χ1v) is 7.11. The van der Waals surface area contributed by atoms with Gasteiger partial charge in [-0.05, 0) is 30.5 Å². The van der Waals surface area contributed by atoms with Gasteiger partial charge in [-0.3, -0.25) is 4.84 Å². The van der Waals surface area contributed by atoms with E-state index in [1.807, 2.05) is 6.07 Å². The summed E-state index contributed by atoms with van der Waals surface area (Å²) in [6.45, 7) is 0.389. The van der Waals surface area contributed by atoms with Crippen molar-refractivity contribution in [3.8, 4) is 0 Å². The van der Waals surface area contributed by atoms with E-state index < -0.39 is 9.84 Å². The molecule has 0 saturated heterocycles. The van der Waals surface area contributed by atoms with Crippen molar-refractivity contribution in [1.29, 1.82) is 0 Å². The van der Waals surface area contributed by atoms with E-state index in [1.165, 1.54) is 6.26 Å². The van der Waals surface area contributed by atoms with Crippen molar-refractivity contribution < 1.29 is 13.3 Å². The number of hydrogen-bond donors (Lipinski definition) is 1. The summed E-state index contributed by atoms with van der Waals surface area (Å²) in [4.78, 5) is 5.60. The second-order valence-corrected chi connectivity index (χ2v) is 6.12. The number of benzene rings is 1. The second kappa shape index (κ2) is 4.53. The van der Waals surface area contributed by atoms with Gasteiger partial charge >= 0.3 is 0 Å². The lowest BCUT2D eigenvalue weighted by molar-refractivity contribution is 0.0232. The van der Waals surface area contributed by atoms with Gasteiger partial charge in [0.25, 0.3) is 0 Å². The third-order valence-electron chi connectivity index (χ3n) is 2.39. The molecule has 88 valence electrons. The minimum Gasteiger partial charge on any atom is -0.297 e. The smallest absolute Gasteiger partial charge is 0.175 e. The zero-order chi connectivity index (χ0) is 11.6. The van der Waals surface area contributed by atoms with E-state index in [0.29, 0.717) is 17.5 Å². The van der Waals surface area contributed by atoms with E-state index in [1.54, 1.807) is 18.2 Å². The molecule has 1 aliphatic carbocycles. The molecule has 0 aliphatic heterocycles. The first kappa shape index (κ1) is 11.6. The van der Waals surface area contributed by atoms with E-state index in [-0.39, 0.29) is 0 Å².